The summed E-state index contributed by atoms with van der Waals surface area (Å²) in [5.74, 6) is -2.79. The van der Waals surface area contributed by atoms with Gasteiger partial charge in [-0.25, -0.2) is 26.4 Å². The van der Waals surface area contributed by atoms with Gasteiger partial charge in [0.2, 0.25) is 11.8 Å². The number of likely N-dealkylation sites (N-methyl/N-ethyl adjacent to an activating group) is 1. The van der Waals surface area contributed by atoms with Crippen LogP contribution in [0.3, 0.4) is 0 Å². The molecule has 5 rings (SSSR count). The molecule has 2 saturated carbocycles. The van der Waals surface area contributed by atoms with Crippen LogP contribution in [0.25, 0.3) is 0 Å². The van der Waals surface area contributed by atoms with Crippen molar-refractivity contribution in [3.8, 4) is 0 Å². The summed E-state index contributed by atoms with van der Waals surface area (Å²) in [4.78, 5) is 57.7. The highest BCUT2D eigenvalue weighted by atomic mass is 32.2. The van der Waals surface area contributed by atoms with E-state index in [-0.39, 0.29) is 45.9 Å². The minimum absolute atomic E-state index is 0.0228. The smallest absolute Gasteiger partial charge is 0.315 e. The van der Waals surface area contributed by atoms with Gasteiger partial charge >= 0.3 is 6.03 Å². The predicted molar refractivity (Wildman–Crippen MR) is 209 cm³/mol. The second kappa shape index (κ2) is 14.6. The van der Waals surface area contributed by atoms with Crippen molar-refractivity contribution in [2.75, 3.05) is 20.1 Å². The van der Waals surface area contributed by atoms with Gasteiger partial charge in [0.05, 0.1) is 4.90 Å². The number of fused-ring (bicyclic) bond motifs is 1. The molecule has 1 saturated heterocycles. The van der Waals surface area contributed by atoms with E-state index in [9.17, 15) is 36.0 Å². The zero-order valence-electron chi connectivity index (χ0n) is 32.9. The fraction of sp³-hybridized carbons (Fsp3) is 0.579. The Morgan fingerprint density at radius 1 is 0.982 bits per heavy atom. The molecule has 3 fully saturated rings. The number of rotatable bonds is 13. The molecule has 55 heavy (non-hydrogen) atoms. The predicted octanol–water partition coefficient (Wildman–Crippen LogP) is 3.55. The topological polar surface area (TPSA) is 191 Å². The molecule has 14 nitrogen and oxygen atoms in total. The molecule has 1 aromatic carbocycles. The van der Waals surface area contributed by atoms with Crippen molar-refractivity contribution in [2.45, 2.75) is 94.6 Å². The number of nitrogens with one attached hydrogen (secondary N) is 4. The summed E-state index contributed by atoms with van der Waals surface area (Å²) in [6.07, 6.45) is 1.62. The molecule has 1 aromatic heterocycles. The quantitative estimate of drug-likeness (QED) is 0.221. The van der Waals surface area contributed by atoms with Crippen molar-refractivity contribution in [1.29, 1.82) is 0 Å². The van der Waals surface area contributed by atoms with E-state index >= 15 is 0 Å². The molecule has 1 aliphatic heterocycles. The van der Waals surface area contributed by atoms with Gasteiger partial charge in [0, 0.05) is 32.1 Å². The highest BCUT2D eigenvalue weighted by Gasteiger charge is 2.71. The lowest BCUT2D eigenvalue weighted by Gasteiger charge is -2.39. The van der Waals surface area contributed by atoms with E-state index < -0.39 is 84.2 Å². The first kappa shape index (κ1) is 42.3. The summed E-state index contributed by atoms with van der Waals surface area (Å²) in [7, 11) is -6.59. The Morgan fingerprint density at radius 2 is 1.62 bits per heavy atom. The van der Waals surface area contributed by atoms with Crippen LogP contribution in [0, 0.1) is 34.0 Å². The van der Waals surface area contributed by atoms with E-state index in [1.807, 2.05) is 34.6 Å². The third-order valence-electron chi connectivity index (χ3n) is 11.4. The number of carbonyl (C=O) groups excluding carboxylic acids is 4. The molecule has 2 heterocycles. The summed E-state index contributed by atoms with van der Waals surface area (Å²) in [5, 5.41) is 10.3. The van der Waals surface area contributed by atoms with Crippen LogP contribution in [0.1, 0.15) is 61.8 Å². The monoisotopic (exact) mass is 818 g/mol. The molecule has 5 amide bonds. The van der Waals surface area contributed by atoms with E-state index in [2.05, 4.69) is 27.3 Å². The van der Waals surface area contributed by atoms with Crippen LogP contribution in [0.15, 0.2) is 69.6 Å². The molecule has 0 bridgehead atoms. The van der Waals surface area contributed by atoms with Gasteiger partial charge < -0.3 is 20.9 Å². The van der Waals surface area contributed by atoms with E-state index in [1.54, 1.807) is 38.3 Å². The Morgan fingerprint density at radius 3 is 2.15 bits per heavy atom. The zero-order valence-corrected chi connectivity index (χ0v) is 35.3. The Bertz CT molecular complexity index is 2040. The first-order valence-electron chi connectivity index (χ1n) is 18.2. The number of hydrogen-bond acceptors (Lipinski definition) is 9. The number of hydrogen-bond donors (Lipinski definition) is 4. The van der Waals surface area contributed by atoms with Gasteiger partial charge in [-0.1, -0.05) is 85.7 Å². The van der Waals surface area contributed by atoms with Crippen molar-refractivity contribution in [3.63, 3.8) is 0 Å². The van der Waals surface area contributed by atoms with Gasteiger partial charge in [0.25, 0.3) is 26.0 Å². The lowest BCUT2D eigenvalue weighted by Crippen LogP contribution is -2.63. The second-order valence-electron chi connectivity index (χ2n) is 17.7. The Kier molecular flexibility index (Phi) is 11.2. The van der Waals surface area contributed by atoms with Crippen LogP contribution < -0.4 is 20.7 Å². The zero-order chi connectivity index (χ0) is 41.1. The first-order chi connectivity index (χ1) is 25.3. The summed E-state index contributed by atoms with van der Waals surface area (Å²) < 4.78 is 56.0. The number of likely N-dealkylation sites (tertiary alicyclic amines) is 1. The number of carbonyl (C=O) groups is 4. The second-order valence-corrected chi connectivity index (χ2v) is 22.6. The molecule has 302 valence electrons. The van der Waals surface area contributed by atoms with E-state index in [0.717, 1.165) is 11.3 Å². The Balaban J connectivity index is 1.35. The number of sulfonamides is 2. The van der Waals surface area contributed by atoms with Crippen molar-refractivity contribution in [1.82, 2.24) is 29.9 Å². The molecule has 0 radical (unpaired) electrons. The van der Waals surface area contributed by atoms with Crippen molar-refractivity contribution < 1.29 is 36.0 Å². The Hall–Kier alpha value is -3.80. The standard InChI is InChI=1S/C38H54N6O8S3/c1-11-23-20-38(23,33(47)42-54(49,50)24-16-13-12-14-17-24)41-31(45)29-28-25(37(28,8)9)21-44(29)32(46)30(36(5,6)7)40-34(48)39-26(35(2,3)4)22-43(10)55(51,52)27-18-15-19-53-27/h11-19,23,25-26,28-30H,1,20-22H2,2-10H3,(H,41,45)(H,42,47)(H2,39,40,48)/t23-,25?,26-,28?,29+,30-,38-/m1/s1. The minimum atomic E-state index is -4.24. The summed E-state index contributed by atoms with van der Waals surface area (Å²) in [5.41, 5.74) is -3.28. The molecular formula is C38H54N6O8S3. The van der Waals surface area contributed by atoms with Crippen molar-refractivity contribution in [3.05, 3.63) is 60.5 Å². The van der Waals surface area contributed by atoms with Crippen molar-refractivity contribution in [2.24, 2.45) is 34.0 Å². The number of piperidine rings is 1. The maximum atomic E-state index is 14.6. The lowest BCUT2D eigenvalue weighted by molar-refractivity contribution is -0.144. The summed E-state index contributed by atoms with van der Waals surface area (Å²) in [6.45, 7) is 19.0. The van der Waals surface area contributed by atoms with Crippen LogP contribution in [0.4, 0.5) is 4.79 Å². The highest BCUT2D eigenvalue weighted by Crippen LogP contribution is 2.65. The first-order valence-corrected chi connectivity index (χ1v) is 22.0. The third kappa shape index (κ3) is 8.35. The van der Waals surface area contributed by atoms with Gasteiger partial charge in [-0.3, -0.25) is 14.4 Å². The van der Waals surface area contributed by atoms with Gasteiger partial charge in [0.15, 0.2) is 0 Å². The van der Waals surface area contributed by atoms with Gasteiger partial charge in [-0.15, -0.1) is 17.9 Å². The molecular weight excluding hydrogens is 765 g/mol. The summed E-state index contributed by atoms with van der Waals surface area (Å²) >= 11 is 1.10. The van der Waals surface area contributed by atoms with Gasteiger partial charge in [-0.2, -0.15) is 4.31 Å². The third-order valence-corrected chi connectivity index (χ3v) is 16.0. The van der Waals surface area contributed by atoms with Gasteiger partial charge in [-0.05, 0) is 58.1 Å². The number of thiophene rings is 1. The molecule has 4 N–H and O–H groups in total. The average molecular weight is 819 g/mol. The van der Waals surface area contributed by atoms with Crippen LogP contribution in [-0.4, -0.2) is 93.6 Å². The molecule has 2 aromatic rings. The van der Waals surface area contributed by atoms with Crippen LogP contribution in [-0.2, 0) is 34.4 Å². The maximum Gasteiger partial charge on any atom is 0.315 e. The molecule has 3 aliphatic rings. The van der Waals surface area contributed by atoms with Gasteiger partial charge in [0.1, 0.15) is 21.8 Å². The normalized spacial score (nSPS) is 25.6. The van der Waals surface area contributed by atoms with Crippen molar-refractivity contribution >= 4 is 55.1 Å². The highest BCUT2D eigenvalue weighted by molar-refractivity contribution is 7.91. The minimum Gasteiger partial charge on any atom is -0.339 e. The molecule has 7 atom stereocenters. The molecule has 2 unspecified atom stereocenters. The van der Waals surface area contributed by atoms with Crippen LogP contribution >= 0.6 is 11.3 Å². The maximum absolute atomic E-state index is 14.6. The van der Waals surface area contributed by atoms with E-state index in [4.69, 9.17) is 0 Å². The Labute approximate surface area is 329 Å². The fourth-order valence-electron chi connectivity index (χ4n) is 7.61. The fourth-order valence-corrected chi connectivity index (χ4v) is 11.1. The summed E-state index contributed by atoms with van der Waals surface area (Å²) in [6, 6.07) is 7.16. The van der Waals surface area contributed by atoms with E-state index in [0.29, 0.717) is 0 Å². The number of amides is 5. The average Bonchev–Trinajstić information content (AvgIpc) is 3.62. The van der Waals surface area contributed by atoms with E-state index in [1.165, 1.54) is 52.7 Å². The number of urea groups is 1. The molecule has 2 aliphatic carbocycles. The van der Waals surface area contributed by atoms with Crippen LogP contribution in [0.2, 0.25) is 0 Å². The molecule has 0 spiro atoms. The van der Waals surface area contributed by atoms with Crippen LogP contribution in [0.5, 0.6) is 0 Å². The number of benzene rings is 1. The number of nitrogens with zero attached hydrogens (tertiary/aromatic N) is 2. The SMILES string of the molecule is C=C[C@@H]1C[C@]1(NC(=O)[C@@H]1C2C(CN1C(=O)[C@@H](NC(=O)N[C@H](CN(C)S(=O)(=O)c1cccs1)C(C)(C)C)C(C)(C)C)C2(C)C)C(=O)NS(=O)(=O)c1ccccc1. The molecule has 17 heteroatoms. The lowest BCUT2D eigenvalue weighted by atomic mass is 9.85. The largest absolute Gasteiger partial charge is 0.339 e.